The summed E-state index contributed by atoms with van der Waals surface area (Å²) in [6.45, 7) is 1.64. The van der Waals surface area contributed by atoms with Crippen LogP contribution >= 0.6 is 0 Å². The van der Waals surface area contributed by atoms with E-state index >= 15 is 0 Å². The average Bonchev–Trinajstić information content (AvgIpc) is 3.45. The third-order valence-electron chi connectivity index (χ3n) is 6.56. The molecule has 2 amide bonds. The van der Waals surface area contributed by atoms with Gasteiger partial charge in [-0.2, -0.15) is 0 Å². The van der Waals surface area contributed by atoms with E-state index < -0.39 is 4.92 Å². The highest BCUT2D eigenvalue weighted by atomic mass is 16.6. The van der Waals surface area contributed by atoms with Crippen LogP contribution < -0.4 is 10.6 Å². The number of benzene rings is 3. The topological polar surface area (TPSA) is 105 Å². The minimum atomic E-state index is -0.464. The van der Waals surface area contributed by atoms with Gasteiger partial charge in [0.2, 0.25) is 5.91 Å². The maximum absolute atomic E-state index is 13.0. The fraction of sp³-hybridized carbons (Fsp3) is 0.214. The molecule has 0 bridgehead atoms. The standard InChI is InChI=1S/C28H26N4O4/c33-25-9-5-17-31(25)16-4-6-19-10-12-21(13-11-19)29-27(20-7-2-1-3-8-20)26-23-18-22(32(35)36)14-15-24(23)30-28(26)34/h1-3,7-8,10-15,18,29H,4-6,9,16-17H2,(H,30,34)/b27-26-. The van der Waals surface area contributed by atoms with Crippen LogP contribution in [0.25, 0.3) is 11.3 Å². The SMILES string of the molecule is O=C1Nc2ccc([N+](=O)[O-])cc2/C1=C(/Nc1ccc(CCCN2CCCC2=O)cc1)c1ccccc1. The van der Waals surface area contributed by atoms with Crippen LogP contribution in [0, 0.1) is 10.1 Å². The van der Waals surface area contributed by atoms with E-state index in [0.29, 0.717) is 28.9 Å². The number of aryl methyl sites for hydroxylation is 1. The lowest BCUT2D eigenvalue weighted by molar-refractivity contribution is -0.384. The van der Waals surface area contributed by atoms with Gasteiger partial charge in [0.05, 0.1) is 16.2 Å². The van der Waals surface area contributed by atoms with Crippen molar-refractivity contribution >= 4 is 40.1 Å². The van der Waals surface area contributed by atoms with Crippen LogP contribution in [-0.4, -0.2) is 34.7 Å². The predicted octanol–water partition coefficient (Wildman–Crippen LogP) is 5.08. The Kier molecular flexibility index (Phi) is 6.49. The number of carbonyl (C=O) groups is 2. The monoisotopic (exact) mass is 482 g/mol. The largest absolute Gasteiger partial charge is 0.354 e. The summed E-state index contributed by atoms with van der Waals surface area (Å²) in [6, 6.07) is 21.8. The van der Waals surface area contributed by atoms with Crippen molar-refractivity contribution in [2.24, 2.45) is 0 Å². The van der Waals surface area contributed by atoms with Crippen LogP contribution in [0.15, 0.2) is 72.8 Å². The molecule has 5 rings (SSSR count). The van der Waals surface area contributed by atoms with Gasteiger partial charge in [0, 0.05) is 48.6 Å². The van der Waals surface area contributed by atoms with Crippen molar-refractivity contribution in [1.29, 1.82) is 0 Å². The number of hydrogen-bond donors (Lipinski definition) is 2. The molecule has 182 valence electrons. The molecule has 2 N–H and O–H groups in total. The number of hydrogen-bond acceptors (Lipinski definition) is 5. The van der Waals surface area contributed by atoms with Gasteiger partial charge in [0.25, 0.3) is 11.6 Å². The molecule has 3 aromatic carbocycles. The smallest absolute Gasteiger partial charge is 0.270 e. The van der Waals surface area contributed by atoms with Gasteiger partial charge in [0.1, 0.15) is 0 Å². The lowest BCUT2D eigenvalue weighted by Crippen LogP contribution is -2.25. The molecule has 0 radical (unpaired) electrons. The number of anilines is 2. The summed E-state index contributed by atoms with van der Waals surface area (Å²) in [4.78, 5) is 37.6. The Morgan fingerprint density at radius 1 is 1.03 bits per heavy atom. The molecule has 0 aliphatic carbocycles. The quantitative estimate of drug-likeness (QED) is 0.265. The zero-order valence-corrected chi connectivity index (χ0v) is 19.7. The van der Waals surface area contributed by atoms with Gasteiger partial charge in [-0.1, -0.05) is 42.5 Å². The Balaban J connectivity index is 1.41. The number of fused-ring (bicyclic) bond motifs is 1. The van der Waals surface area contributed by atoms with E-state index in [4.69, 9.17) is 0 Å². The Bertz CT molecular complexity index is 1350. The Morgan fingerprint density at radius 3 is 2.50 bits per heavy atom. The van der Waals surface area contributed by atoms with Crippen molar-refractivity contribution in [1.82, 2.24) is 4.90 Å². The molecule has 2 heterocycles. The van der Waals surface area contributed by atoms with Crippen LogP contribution in [0.1, 0.15) is 36.0 Å². The number of likely N-dealkylation sites (tertiary alicyclic amines) is 1. The number of amides is 2. The lowest BCUT2D eigenvalue weighted by atomic mass is 9.99. The maximum atomic E-state index is 13.0. The van der Waals surface area contributed by atoms with E-state index in [0.717, 1.165) is 43.6 Å². The summed E-state index contributed by atoms with van der Waals surface area (Å²) in [7, 11) is 0. The van der Waals surface area contributed by atoms with Crippen LogP contribution in [0.4, 0.5) is 17.1 Å². The van der Waals surface area contributed by atoms with Gasteiger partial charge >= 0.3 is 0 Å². The summed E-state index contributed by atoms with van der Waals surface area (Å²) in [6.07, 6.45) is 3.40. The van der Waals surface area contributed by atoms with E-state index in [1.54, 1.807) is 6.07 Å². The molecule has 2 aliphatic heterocycles. The van der Waals surface area contributed by atoms with Gasteiger partial charge in [-0.05, 0) is 48.6 Å². The van der Waals surface area contributed by atoms with Crippen molar-refractivity contribution in [3.63, 3.8) is 0 Å². The Morgan fingerprint density at radius 2 is 1.81 bits per heavy atom. The third-order valence-corrected chi connectivity index (χ3v) is 6.56. The molecule has 8 heteroatoms. The van der Waals surface area contributed by atoms with Crippen molar-refractivity contribution in [2.75, 3.05) is 23.7 Å². The number of nitrogens with one attached hydrogen (secondary N) is 2. The van der Waals surface area contributed by atoms with E-state index in [2.05, 4.69) is 10.6 Å². The molecule has 0 aromatic heterocycles. The zero-order chi connectivity index (χ0) is 25.1. The number of non-ortho nitro benzene ring substituents is 1. The van der Waals surface area contributed by atoms with E-state index in [9.17, 15) is 19.7 Å². The summed E-state index contributed by atoms with van der Waals surface area (Å²) in [5.74, 6) is -0.0659. The van der Waals surface area contributed by atoms with E-state index in [1.807, 2.05) is 59.5 Å². The van der Waals surface area contributed by atoms with Crippen LogP contribution in [0.3, 0.4) is 0 Å². The molecular weight excluding hydrogens is 456 g/mol. The van der Waals surface area contributed by atoms with Crippen molar-refractivity contribution < 1.29 is 14.5 Å². The highest BCUT2D eigenvalue weighted by Crippen LogP contribution is 2.39. The number of carbonyl (C=O) groups excluding carboxylic acids is 2. The summed E-state index contributed by atoms with van der Waals surface area (Å²) in [5.41, 5.74) is 4.66. The number of nitro benzene ring substituents is 1. The number of nitrogens with zero attached hydrogens (tertiary/aromatic N) is 2. The van der Waals surface area contributed by atoms with Gasteiger partial charge in [-0.25, -0.2) is 0 Å². The van der Waals surface area contributed by atoms with Crippen molar-refractivity contribution in [3.05, 3.63) is 99.6 Å². The highest BCUT2D eigenvalue weighted by Gasteiger charge is 2.30. The molecule has 0 atom stereocenters. The zero-order valence-electron chi connectivity index (χ0n) is 19.7. The Labute approximate surface area is 208 Å². The second-order valence-corrected chi connectivity index (χ2v) is 8.97. The first-order valence-corrected chi connectivity index (χ1v) is 12.0. The predicted molar refractivity (Wildman–Crippen MR) is 139 cm³/mol. The third kappa shape index (κ3) is 4.84. The first kappa shape index (κ1) is 23.3. The van der Waals surface area contributed by atoms with Gasteiger partial charge in [0.15, 0.2) is 0 Å². The maximum Gasteiger partial charge on any atom is 0.270 e. The molecule has 1 saturated heterocycles. The van der Waals surface area contributed by atoms with E-state index in [-0.39, 0.29) is 17.5 Å². The minimum absolute atomic E-state index is 0.0739. The van der Waals surface area contributed by atoms with Crippen LogP contribution in [0.2, 0.25) is 0 Å². The number of nitro groups is 1. The molecule has 0 saturated carbocycles. The molecule has 2 aliphatic rings. The highest BCUT2D eigenvalue weighted by molar-refractivity contribution is 6.37. The lowest BCUT2D eigenvalue weighted by Gasteiger charge is -2.16. The van der Waals surface area contributed by atoms with Gasteiger partial charge in [-0.15, -0.1) is 0 Å². The first-order chi connectivity index (χ1) is 17.5. The normalized spacial score (nSPS) is 16.1. The summed E-state index contributed by atoms with van der Waals surface area (Å²) in [5, 5.41) is 17.6. The molecule has 8 nitrogen and oxygen atoms in total. The second-order valence-electron chi connectivity index (χ2n) is 8.97. The Hall–Kier alpha value is -4.46. The molecule has 36 heavy (non-hydrogen) atoms. The molecular formula is C28H26N4O4. The van der Waals surface area contributed by atoms with Gasteiger partial charge in [-0.3, -0.25) is 19.7 Å². The fourth-order valence-electron chi connectivity index (χ4n) is 4.71. The van der Waals surface area contributed by atoms with E-state index in [1.165, 1.54) is 17.7 Å². The van der Waals surface area contributed by atoms with Crippen LogP contribution in [-0.2, 0) is 16.0 Å². The van der Waals surface area contributed by atoms with Crippen molar-refractivity contribution in [3.8, 4) is 0 Å². The van der Waals surface area contributed by atoms with Crippen LogP contribution in [0.5, 0.6) is 0 Å². The van der Waals surface area contributed by atoms with Gasteiger partial charge < -0.3 is 15.5 Å². The number of rotatable bonds is 8. The minimum Gasteiger partial charge on any atom is -0.354 e. The summed E-state index contributed by atoms with van der Waals surface area (Å²) >= 11 is 0. The first-order valence-electron chi connectivity index (χ1n) is 12.0. The fourth-order valence-corrected chi connectivity index (χ4v) is 4.71. The second kappa shape index (κ2) is 10.0. The molecule has 0 unspecified atom stereocenters. The van der Waals surface area contributed by atoms with Crippen molar-refractivity contribution in [2.45, 2.75) is 25.7 Å². The summed E-state index contributed by atoms with van der Waals surface area (Å²) < 4.78 is 0. The average molecular weight is 483 g/mol. The molecule has 3 aromatic rings. The molecule has 1 fully saturated rings. The molecule has 0 spiro atoms.